The quantitative estimate of drug-likeness (QED) is 0.195. The van der Waals surface area contributed by atoms with Gasteiger partial charge in [-0.25, -0.2) is 0 Å². The zero-order valence-corrected chi connectivity index (χ0v) is 24.4. The number of halogens is 5. The molecule has 3 aromatic carbocycles. The molecule has 0 atom stereocenters. The minimum absolute atomic E-state index is 0.155. The third-order valence-electron chi connectivity index (χ3n) is 4.58. The van der Waals surface area contributed by atoms with E-state index in [2.05, 4.69) is 47.8 Å². The van der Waals surface area contributed by atoms with Crippen LogP contribution in [0.5, 0.6) is 5.75 Å². The standard InChI is InChI=1S/C23H12Br3Cl2NO2S2/c24-14-2-5-16(6-3-14)29-22(30)20(33-23(29)32)9-12-7-17(25)21(18(26)8-12)31-11-13-1-4-15(27)10-19(13)28/h1-10H,11H2/b20-9+. The van der Waals surface area contributed by atoms with Gasteiger partial charge in [-0.05, 0) is 92.0 Å². The second kappa shape index (κ2) is 10.8. The van der Waals surface area contributed by atoms with Gasteiger partial charge in [0.25, 0.3) is 5.91 Å². The number of carbonyl (C=O) groups excluding carboxylic acids is 1. The molecule has 0 saturated carbocycles. The van der Waals surface area contributed by atoms with Crippen LogP contribution in [0.15, 0.2) is 72.9 Å². The summed E-state index contributed by atoms with van der Waals surface area (Å²) in [6, 6.07) is 16.5. The largest absolute Gasteiger partial charge is 0.486 e. The van der Waals surface area contributed by atoms with E-state index in [0.29, 0.717) is 25.0 Å². The van der Waals surface area contributed by atoms with Crippen LogP contribution in [-0.2, 0) is 11.4 Å². The van der Waals surface area contributed by atoms with E-state index in [9.17, 15) is 4.79 Å². The van der Waals surface area contributed by atoms with E-state index < -0.39 is 0 Å². The van der Waals surface area contributed by atoms with Crippen molar-refractivity contribution in [1.29, 1.82) is 0 Å². The summed E-state index contributed by atoms with van der Waals surface area (Å²) in [7, 11) is 0. The molecule has 1 amide bonds. The highest BCUT2D eigenvalue weighted by Crippen LogP contribution is 2.39. The van der Waals surface area contributed by atoms with E-state index in [0.717, 1.165) is 30.2 Å². The van der Waals surface area contributed by atoms with Crippen LogP contribution in [0, 0.1) is 0 Å². The summed E-state index contributed by atoms with van der Waals surface area (Å²) < 4.78 is 8.87. The molecule has 0 spiro atoms. The number of thioether (sulfide) groups is 1. The van der Waals surface area contributed by atoms with Gasteiger partial charge in [0.1, 0.15) is 12.4 Å². The second-order valence-corrected chi connectivity index (χ2v) is 12.0. The van der Waals surface area contributed by atoms with Crippen LogP contribution < -0.4 is 9.64 Å². The lowest BCUT2D eigenvalue weighted by atomic mass is 10.2. The summed E-state index contributed by atoms with van der Waals surface area (Å²) in [5, 5.41) is 1.11. The van der Waals surface area contributed by atoms with Crippen LogP contribution in [0.2, 0.25) is 10.0 Å². The molecule has 0 unspecified atom stereocenters. The maximum absolute atomic E-state index is 13.0. The number of hydrogen-bond acceptors (Lipinski definition) is 4. The predicted molar refractivity (Wildman–Crippen MR) is 152 cm³/mol. The van der Waals surface area contributed by atoms with Crippen molar-refractivity contribution >= 4 is 117 Å². The zero-order valence-electron chi connectivity index (χ0n) is 16.5. The van der Waals surface area contributed by atoms with Gasteiger partial charge in [-0.15, -0.1) is 0 Å². The number of ether oxygens (including phenoxy) is 1. The maximum Gasteiger partial charge on any atom is 0.270 e. The topological polar surface area (TPSA) is 29.5 Å². The van der Waals surface area contributed by atoms with E-state index in [-0.39, 0.29) is 12.5 Å². The lowest BCUT2D eigenvalue weighted by molar-refractivity contribution is -0.113. The van der Waals surface area contributed by atoms with Crippen molar-refractivity contribution in [3.05, 3.63) is 94.1 Å². The number of anilines is 1. The zero-order chi connectivity index (χ0) is 23.7. The third kappa shape index (κ3) is 5.86. The fourth-order valence-corrected chi connectivity index (χ4v) is 6.50. The van der Waals surface area contributed by atoms with Crippen molar-refractivity contribution in [2.45, 2.75) is 6.61 Å². The van der Waals surface area contributed by atoms with E-state index >= 15 is 0 Å². The summed E-state index contributed by atoms with van der Waals surface area (Å²) >= 11 is 29.5. The van der Waals surface area contributed by atoms with Crippen LogP contribution in [0.1, 0.15) is 11.1 Å². The van der Waals surface area contributed by atoms with Crippen molar-refractivity contribution in [2.24, 2.45) is 0 Å². The first-order valence-electron chi connectivity index (χ1n) is 9.32. The molecule has 3 aromatic rings. The number of rotatable bonds is 5. The molecule has 0 bridgehead atoms. The Bertz CT molecular complexity index is 1280. The van der Waals surface area contributed by atoms with Crippen LogP contribution in [0.25, 0.3) is 6.08 Å². The lowest BCUT2D eigenvalue weighted by Crippen LogP contribution is -2.27. The van der Waals surface area contributed by atoms with Crippen LogP contribution in [0.3, 0.4) is 0 Å². The highest BCUT2D eigenvalue weighted by molar-refractivity contribution is 9.11. The molecule has 1 saturated heterocycles. The van der Waals surface area contributed by atoms with Gasteiger partial charge < -0.3 is 4.74 Å². The summed E-state index contributed by atoms with van der Waals surface area (Å²) in [5.74, 6) is 0.470. The predicted octanol–water partition coefficient (Wildman–Crippen LogP) is 9.27. The number of benzene rings is 3. The second-order valence-electron chi connectivity index (χ2n) is 6.83. The molecule has 10 heteroatoms. The summed E-state index contributed by atoms with van der Waals surface area (Å²) in [5.41, 5.74) is 2.37. The van der Waals surface area contributed by atoms with E-state index in [4.69, 9.17) is 40.2 Å². The molecule has 4 rings (SSSR count). The van der Waals surface area contributed by atoms with Crippen molar-refractivity contribution in [3.8, 4) is 5.75 Å². The molecule has 1 aliphatic rings. The van der Waals surface area contributed by atoms with Crippen molar-refractivity contribution in [1.82, 2.24) is 0 Å². The first kappa shape index (κ1) is 25.2. The normalized spacial score (nSPS) is 14.9. The molecule has 1 aliphatic heterocycles. The first-order valence-corrected chi connectivity index (χ1v) is 13.7. The smallest absolute Gasteiger partial charge is 0.270 e. The Kier molecular flexibility index (Phi) is 8.26. The summed E-state index contributed by atoms with van der Waals surface area (Å²) in [6.45, 7) is 0.276. The number of nitrogens with zero attached hydrogens (tertiary/aromatic N) is 1. The van der Waals surface area contributed by atoms with E-state index in [1.807, 2.05) is 48.5 Å². The van der Waals surface area contributed by atoms with Crippen molar-refractivity contribution < 1.29 is 9.53 Å². The van der Waals surface area contributed by atoms with E-state index in [1.165, 1.54) is 16.7 Å². The third-order valence-corrected chi connectivity index (χ3v) is 8.18. The molecular weight excluding hydrogens is 697 g/mol. The Balaban J connectivity index is 1.54. The van der Waals surface area contributed by atoms with Gasteiger partial charge in [0.05, 0.1) is 19.5 Å². The monoisotopic (exact) mass is 705 g/mol. The lowest BCUT2D eigenvalue weighted by Gasteiger charge is -2.14. The molecule has 0 N–H and O–H groups in total. The SMILES string of the molecule is O=C1/C(=C\c2cc(Br)c(OCc3ccc(Cl)cc3Cl)c(Br)c2)SC(=S)N1c1ccc(Br)cc1. The highest BCUT2D eigenvalue weighted by Gasteiger charge is 2.33. The van der Waals surface area contributed by atoms with E-state index in [1.54, 1.807) is 12.1 Å². The van der Waals surface area contributed by atoms with Gasteiger partial charge in [-0.2, -0.15) is 0 Å². The fraction of sp³-hybridized carbons (Fsp3) is 0.0435. The first-order chi connectivity index (χ1) is 15.7. The van der Waals surface area contributed by atoms with Crippen molar-refractivity contribution in [3.63, 3.8) is 0 Å². The van der Waals surface area contributed by atoms with Gasteiger partial charge in [-0.1, -0.05) is 69.2 Å². The Morgan fingerprint density at radius 2 is 1.67 bits per heavy atom. The molecule has 0 radical (unpaired) electrons. The van der Waals surface area contributed by atoms with Gasteiger partial charge in [-0.3, -0.25) is 9.69 Å². The summed E-state index contributed by atoms with van der Waals surface area (Å²) in [4.78, 5) is 15.1. The van der Waals surface area contributed by atoms with Gasteiger partial charge in [0.2, 0.25) is 0 Å². The van der Waals surface area contributed by atoms with Crippen LogP contribution in [-0.4, -0.2) is 10.2 Å². The highest BCUT2D eigenvalue weighted by atomic mass is 79.9. The molecule has 168 valence electrons. The average Bonchev–Trinajstić information content (AvgIpc) is 3.02. The average molecular weight is 709 g/mol. The van der Waals surface area contributed by atoms with Gasteiger partial charge in [0.15, 0.2) is 4.32 Å². The minimum Gasteiger partial charge on any atom is -0.486 e. The number of carbonyl (C=O) groups is 1. The molecule has 0 aliphatic carbocycles. The van der Waals surface area contributed by atoms with Crippen LogP contribution >= 0.6 is 95.0 Å². The molecular formula is C23H12Br3Cl2NO2S2. The molecule has 1 fully saturated rings. The van der Waals surface area contributed by atoms with Crippen molar-refractivity contribution in [2.75, 3.05) is 4.90 Å². The van der Waals surface area contributed by atoms with Gasteiger partial charge in [0, 0.05) is 20.1 Å². The molecule has 3 nitrogen and oxygen atoms in total. The molecule has 0 aromatic heterocycles. The Labute approximate surface area is 235 Å². The number of hydrogen-bond donors (Lipinski definition) is 0. The Hall–Kier alpha value is -0.870. The molecule has 1 heterocycles. The Morgan fingerprint density at radius 3 is 2.30 bits per heavy atom. The summed E-state index contributed by atoms with van der Waals surface area (Å²) in [6.07, 6.45) is 1.81. The Morgan fingerprint density at radius 1 is 1.00 bits per heavy atom. The maximum atomic E-state index is 13.0. The fourth-order valence-electron chi connectivity index (χ4n) is 3.02. The van der Waals surface area contributed by atoms with Crippen LogP contribution in [0.4, 0.5) is 5.69 Å². The molecule has 33 heavy (non-hydrogen) atoms. The number of thiocarbonyl (C=S) groups is 1. The number of amides is 1. The van der Waals surface area contributed by atoms with Gasteiger partial charge >= 0.3 is 0 Å². The minimum atomic E-state index is -0.155.